The Hall–Kier alpha value is -3.09. The average molecular weight is 412 g/mol. The van der Waals surface area contributed by atoms with E-state index >= 15 is 0 Å². The Morgan fingerprint density at radius 2 is 1.87 bits per heavy atom. The van der Waals surface area contributed by atoms with Crippen molar-refractivity contribution < 1.29 is 19.1 Å². The second-order valence-electron chi connectivity index (χ2n) is 7.56. The minimum atomic E-state index is -0.470. The molecule has 0 atom stereocenters. The standard InChI is InChI=1S/C23H29N3O4/c1-4-18-21(16-8-10-17(11-9-16)23(29)30-3)20(22(24)28)15(2)26(18)14-6-13-25-12-5-7-19(25)27/h8-11H,4-7,12-14H2,1-3H3,(H2,24,28). The number of rotatable bonds is 8. The maximum atomic E-state index is 12.3. The molecule has 2 N–H and O–H groups in total. The molecule has 160 valence electrons. The van der Waals surface area contributed by atoms with Gasteiger partial charge in [0.2, 0.25) is 5.91 Å². The lowest BCUT2D eigenvalue weighted by Crippen LogP contribution is -2.26. The number of ether oxygens (including phenoxy) is 1. The molecule has 7 nitrogen and oxygen atoms in total. The Balaban J connectivity index is 1.94. The summed E-state index contributed by atoms with van der Waals surface area (Å²) in [4.78, 5) is 37.8. The second-order valence-corrected chi connectivity index (χ2v) is 7.56. The predicted octanol–water partition coefficient (Wildman–Crippen LogP) is 2.92. The molecule has 0 saturated carbocycles. The molecular formula is C23H29N3O4. The van der Waals surface area contributed by atoms with E-state index in [1.165, 1.54) is 7.11 Å². The molecule has 1 aromatic heterocycles. The van der Waals surface area contributed by atoms with Gasteiger partial charge in [-0.3, -0.25) is 9.59 Å². The zero-order valence-electron chi connectivity index (χ0n) is 17.9. The summed E-state index contributed by atoms with van der Waals surface area (Å²) >= 11 is 0. The number of nitrogens with two attached hydrogens (primary N) is 1. The number of likely N-dealkylation sites (tertiary alicyclic amines) is 1. The van der Waals surface area contributed by atoms with Crippen LogP contribution in [0.2, 0.25) is 0 Å². The summed E-state index contributed by atoms with van der Waals surface area (Å²) in [5.74, 6) is -0.653. The zero-order valence-corrected chi connectivity index (χ0v) is 17.9. The first kappa shape index (κ1) is 21.6. The first-order chi connectivity index (χ1) is 14.4. The molecule has 30 heavy (non-hydrogen) atoms. The molecular weight excluding hydrogens is 382 g/mol. The highest BCUT2D eigenvalue weighted by Gasteiger charge is 2.25. The highest BCUT2D eigenvalue weighted by molar-refractivity contribution is 6.02. The van der Waals surface area contributed by atoms with Crippen LogP contribution >= 0.6 is 0 Å². The van der Waals surface area contributed by atoms with Gasteiger partial charge in [0.1, 0.15) is 0 Å². The van der Waals surface area contributed by atoms with Crippen molar-refractivity contribution in [2.75, 3.05) is 20.2 Å². The van der Waals surface area contributed by atoms with Gasteiger partial charge in [-0.05, 0) is 43.9 Å². The van der Waals surface area contributed by atoms with Crippen LogP contribution in [0.5, 0.6) is 0 Å². The maximum Gasteiger partial charge on any atom is 0.337 e. The minimum absolute atomic E-state index is 0.221. The van der Waals surface area contributed by atoms with Gasteiger partial charge in [0.15, 0.2) is 0 Å². The van der Waals surface area contributed by atoms with Crippen LogP contribution in [-0.2, 0) is 22.5 Å². The molecule has 1 aliphatic rings. The molecule has 2 amide bonds. The van der Waals surface area contributed by atoms with Crippen LogP contribution in [0, 0.1) is 6.92 Å². The first-order valence-electron chi connectivity index (χ1n) is 10.4. The van der Waals surface area contributed by atoms with Crippen molar-refractivity contribution in [1.29, 1.82) is 0 Å². The summed E-state index contributed by atoms with van der Waals surface area (Å²) in [6, 6.07) is 7.02. The highest BCUT2D eigenvalue weighted by Crippen LogP contribution is 2.33. The van der Waals surface area contributed by atoms with Gasteiger partial charge in [-0.15, -0.1) is 0 Å². The van der Waals surface area contributed by atoms with Crippen molar-refractivity contribution in [2.45, 2.75) is 46.1 Å². The monoisotopic (exact) mass is 411 g/mol. The second kappa shape index (κ2) is 9.15. The van der Waals surface area contributed by atoms with Gasteiger partial charge in [0.25, 0.3) is 5.91 Å². The largest absolute Gasteiger partial charge is 0.465 e. The third-order valence-corrected chi connectivity index (χ3v) is 5.79. The zero-order chi connectivity index (χ0) is 21.8. The average Bonchev–Trinajstić information content (AvgIpc) is 3.28. The van der Waals surface area contributed by atoms with Crippen molar-refractivity contribution >= 4 is 17.8 Å². The number of amides is 2. The number of hydrogen-bond acceptors (Lipinski definition) is 4. The number of carbonyl (C=O) groups is 3. The topological polar surface area (TPSA) is 94.6 Å². The van der Waals surface area contributed by atoms with E-state index in [0.29, 0.717) is 30.6 Å². The van der Waals surface area contributed by atoms with Crippen molar-refractivity contribution in [2.24, 2.45) is 5.73 Å². The van der Waals surface area contributed by atoms with Crippen LogP contribution < -0.4 is 5.73 Å². The molecule has 0 bridgehead atoms. The van der Waals surface area contributed by atoms with Crippen LogP contribution in [0.4, 0.5) is 0 Å². The molecule has 2 aromatic rings. The summed E-state index contributed by atoms with van der Waals surface area (Å²) in [5.41, 5.74) is 10.2. The number of carbonyl (C=O) groups excluding carboxylic acids is 3. The molecule has 1 fully saturated rings. The Kier molecular flexibility index (Phi) is 6.59. The van der Waals surface area contributed by atoms with Crippen LogP contribution in [0.1, 0.15) is 58.3 Å². The van der Waals surface area contributed by atoms with E-state index in [2.05, 4.69) is 4.57 Å². The Morgan fingerprint density at radius 3 is 2.40 bits per heavy atom. The molecule has 7 heteroatoms. The van der Waals surface area contributed by atoms with E-state index in [1.54, 1.807) is 12.1 Å². The number of methoxy groups -OCH3 is 1. The first-order valence-corrected chi connectivity index (χ1v) is 10.4. The van der Waals surface area contributed by atoms with Gasteiger partial charge in [-0.2, -0.15) is 0 Å². The smallest absolute Gasteiger partial charge is 0.337 e. The van der Waals surface area contributed by atoms with Crippen molar-refractivity contribution in [3.8, 4) is 11.1 Å². The van der Waals surface area contributed by atoms with Crippen molar-refractivity contribution in [1.82, 2.24) is 9.47 Å². The van der Waals surface area contributed by atoms with Gasteiger partial charge in [0.05, 0.1) is 18.2 Å². The lowest BCUT2D eigenvalue weighted by atomic mass is 9.98. The molecule has 2 heterocycles. The summed E-state index contributed by atoms with van der Waals surface area (Å²) in [6.45, 7) is 6.21. The van der Waals surface area contributed by atoms with E-state index in [4.69, 9.17) is 10.5 Å². The van der Waals surface area contributed by atoms with E-state index in [0.717, 1.165) is 48.3 Å². The van der Waals surface area contributed by atoms with Gasteiger partial charge < -0.3 is 19.9 Å². The van der Waals surface area contributed by atoms with E-state index in [-0.39, 0.29) is 5.91 Å². The Labute approximate surface area is 176 Å². The summed E-state index contributed by atoms with van der Waals surface area (Å²) in [5, 5.41) is 0. The van der Waals surface area contributed by atoms with Crippen molar-refractivity contribution in [3.63, 3.8) is 0 Å². The van der Waals surface area contributed by atoms with Gasteiger partial charge in [0, 0.05) is 43.0 Å². The molecule has 0 spiro atoms. The number of esters is 1. The SMILES string of the molecule is CCc1c(-c2ccc(C(=O)OC)cc2)c(C(N)=O)c(C)n1CCCN1CCCC1=O. The molecule has 0 aliphatic carbocycles. The molecule has 3 rings (SSSR count). The minimum Gasteiger partial charge on any atom is -0.465 e. The third kappa shape index (κ3) is 4.10. The molecule has 1 saturated heterocycles. The summed E-state index contributed by atoms with van der Waals surface area (Å²) in [6.07, 6.45) is 3.11. The number of primary amides is 1. The third-order valence-electron chi connectivity index (χ3n) is 5.79. The Bertz CT molecular complexity index is 960. The van der Waals surface area contributed by atoms with Crippen molar-refractivity contribution in [3.05, 3.63) is 46.8 Å². The lowest BCUT2D eigenvalue weighted by Gasteiger charge is -2.17. The van der Waals surface area contributed by atoms with Crippen LogP contribution in [0.15, 0.2) is 24.3 Å². The lowest BCUT2D eigenvalue weighted by molar-refractivity contribution is -0.127. The number of hydrogen-bond donors (Lipinski definition) is 1. The molecule has 0 radical (unpaired) electrons. The van der Waals surface area contributed by atoms with E-state index < -0.39 is 11.9 Å². The maximum absolute atomic E-state index is 12.3. The van der Waals surface area contributed by atoms with E-state index in [9.17, 15) is 14.4 Å². The van der Waals surface area contributed by atoms with Crippen LogP contribution in [0.3, 0.4) is 0 Å². The number of nitrogens with zero attached hydrogens (tertiary/aromatic N) is 2. The molecule has 1 aromatic carbocycles. The number of aromatic nitrogens is 1. The number of benzene rings is 1. The van der Waals surface area contributed by atoms with E-state index in [1.807, 2.05) is 30.9 Å². The fraction of sp³-hybridized carbons (Fsp3) is 0.435. The quantitative estimate of drug-likeness (QED) is 0.676. The fourth-order valence-corrected chi connectivity index (χ4v) is 4.33. The summed E-state index contributed by atoms with van der Waals surface area (Å²) < 4.78 is 6.90. The molecule has 0 unspecified atom stereocenters. The molecule has 1 aliphatic heterocycles. The Morgan fingerprint density at radius 1 is 1.17 bits per heavy atom. The van der Waals surface area contributed by atoms with Gasteiger partial charge in [-0.1, -0.05) is 19.1 Å². The van der Waals surface area contributed by atoms with Gasteiger partial charge >= 0.3 is 5.97 Å². The van der Waals surface area contributed by atoms with Crippen LogP contribution in [-0.4, -0.2) is 47.4 Å². The van der Waals surface area contributed by atoms with Crippen LogP contribution in [0.25, 0.3) is 11.1 Å². The summed E-state index contributed by atoms with van der Waals surface area (Å²) in [7, 11) is 1.34. The normalized spacial score (nSPS) is 13.7. The highest BCUT2D eigenvalue weighted by atomic mass is 16.5. The fourth-order valence-electron chi connectivity index (χ4n) is 4.33. The van der Waals surface area contributed by atoms with Gasteiger partial charge in [-0.25, -0.2) is 4.79 Å². The predicted molar refractivity (Wildman–Crippen MR) is 114 cm³/mol.